The Balaban J connectivity index is 3.95. The molecule has 5 nitrogen and oxygen atoms in total. The van der Waals surface area contributed by atoms with E-state index in [1.54, 1.807) is 0 Å². The molecule has 0 aromatic rings. The van der Waals surface area contributed by atoms with Crippen LogP contribution in [0.2, 0.25) is 0 Å². The normalized spacial score (nSPS) is 11.8. The smallest absolute Gasteiger partial charge is 0.407 e. The van der Waals surface area contributed by atoms with Crippen molar-refractivity contribution >= 4 is 12.1 Å². The maximum Gasteiger partial charge on any atom is 0.407 e. The second-order valence-electron chi connectivity index (χ2n) is 2.32. The number of ether oxygens (including phenoxy) is 1. The lowest BCUT2D eigenvalue weighted by atomic mass is 10.2. The molecule has 0 aliphatic carbocycles. The van der Waals surface area contributed by atoms with Crippen molar-refractivity contribution in [3.63, 3.8) is 0 Å². The van der Waals surface area contributed by atoms with Crippen molar-refractivity contribution < 1.29 is 19.4 Å². The van der Waals surface area contributed by atoms with Crippen molar-refractivity contribution in [1.29, 1.82) is 0 Å². The van der Waals surface area contributed by atoms with Gasteiger partial charge in [-0.3, -0.25) is 0 Å². The first-order chi connectivity index (χ1) is 5.61. The van der Waals surface area contributed by atoms with Gasteiger partial charge >= 0.3 is 12.1 Å². The summed E-state index contributed by atoms with van der Waals surface area (Å²) in [7, 11) is 1.19. The molecule has 0 heterocycles. The van der Waals surface area contributed by atoms with E-state index < -0.39 is 18.1 Å². The summed E-state index contributed by atoms with van der Waals surface area (Å²) in [5, 5.41) is 10.8. The summed E-state index contributed by atoms with van der Waals surface area (Å²) >= 11 is 0. The molecule has 5 heteroatoms. The van der Waals surface area contributed by atoms with E-state index in [2.05, 4.69) is 10.1 Å². The molecule has 0 fully saturated rings. The van der Waals surface area contributed by atoms with Gasteiger partial charge in [0.05, 0.1) is 7.11 Å². The number of carbonyl (C=O) groups excluding carboxylic acids is 1. The lowest BCUT2D eigenvalue weighted by Gasteiger charge is -2.11. The number of hydrogen-bond donors (Lipinski definition) is 2. The molecule has 0 saturated carbocycles. The van der Waals surface area contributed by atoms with Gasteiger partial charge in [0, 0.05) is 0 Å². The van der Waals surface area contributed by atoms with Gasteiger partial charge in [-0.15, -0.1) is 0 Å². The minimum absolute atomic E-state index is 0.407. The number of alkyl carbamates (subject to hydrolysis) is 1. The summed E-state index contributed by atoms with van der Waals surface area (Å²) in [4.78, 5) is 21.1. The number of rotatable bonds is 4. The molecule has 0 rings (SSSR count). The molecule has 0 spiro atoms. The summed E-state index contributed by atoms with van der Waals surface area (Å²) in [6.07, 6.45) is 0.390. The van der Waals surface area contributed by atoms with Crippen LogP contribution in [0.1, 0.15) is 19.8 Å². The molecule has 0 aromatic heterocycles. The second kappa shape index (κ2) is 5.40. The molecule has 0 saturated heterocycles. The number of carboxylic acid groups (broad SMARTS) is 1. The van der Waals surface area contributed by atoms with Crippen LogP contribution in [0, 0.1) is 0 Å². The first kappa shape index (κ1) is 10.7. The molecule has 0 radical (unpaired) electrons. The summed E-state index contributed by atoms with van der Waals surface area (Å²) in [5.74, 6) is -1.04. The predicted octanol–water partition coefficient (Wildman–Crippen LogP) is 0.596. The van der Waals surface area contributed by atoms with E-state index in [9.17, 15) is 9.59 Å². The predicted molar refractivity (Wildman–Crippen MR) is 41.9 cm³/mol. The van der Waals surface area contributed by atoms with Crippen molar-refractivity contribution in [2.75, 3.05) is 7.11 Å². The highest BCUT2D eigenvalue weighted by Gasteiger charge is 2.18. The molecule has 1 unspecified atom stereocenters. The molecule has 12 heavy (non-hydrogen) atoms. The minimum atomic E-state index is -1.04. The van der Waals surface area contributed by atoms with Gasteiger partial charge in [-0.25, -0.2) is 9.59 Å². The Bertz CT molecular complexity index is 167. The Labute approximate surface area is 70.7 Å². The molecule has 0 aromatic carbocycles. The van der Waals surface area contributed by atoms with Gasteiger partial charge in [-0.05, 0) is 6.42 Å². The maximum absolute atomic E-state index is 10.6. The average molecular weight is 175 g/mol. The van der Waals surface area contributed by atoms with E-state index in [1.165, 1.54) is 7.11 Å². The summed E-state index contributed by atoms with van der Waals surface area (Å²) in [6, 6.07) is -0.845. The molecule has 0 aliphatic heterocycles. The van der Waals surface area contributed by atoms with Crippen LogP contribution in [0.25, 0.3) is 0 Å². The van der Waals surface area contributed by atoms with Gasteiger partial charge in [0.15, 0.2) is 0 Å². The Hall–Kier alpha value is -1.26. The van der Waals surface area contributed by atoms with Gasteiger partial charge in [-0.2, -0.15) is 0 Å². The lowest BCUT2D eigenvalue weighted by molar-refractivity contribution is -0.139. The Morgan fingerprint density at radius 3 is 2.50 bits per heavy atom. The quantitative estimate of drug-likeness (QED) is 0.655. The van der Waals surface area contributed by atoms with Crippen LogP contribution in [-0.4, -0.2) is 30.3 Å². The Morgan fingerprint density at radius 1 is 1.58 bits per heavy atom. The summed E-state index contributed by atoms with van der Waals surface area (Å²) in [6.45, 7) is 1.84. The van der Waals surface area contributed by atoms with Crippen molar-refractivity contribution in [3.8, 4) is 0 Å². The van der Waals surface area contributed by atoms with Crippen molar-refractivity contribution in [2.45, 2.75) is 25.8 Å². The zero-order valence-corrected chi connectivity index (χ0v) is 7.16. The van der Waals surface area contributed by atoms with Crippen molar-refractivity contribution in [2.24, 2.45) is 0 Å². The standard InChI is InChI=1S/C7H13NO4/c1-3-4-5(6(9)10)8-7(11)12-2/h5H,3-4H2,1-2H3,(H,8,11)(H,9,10). The highest BCUT2D eigenvalue weighted by molar-refractivity contribution is 5.79. The van der Waals surface area contributed by atoms with Crippen molar-refractivity contribution in [3.05, 3.63) is 0 Å². The van der Waals surface area contributed by atoms with Gasteiger partial charge in [-0.1, -0.05) is 13.3 Å². The largest absolute Gasteiger partial charge is 0.480 e. The third-order valence-corrected chi connectivity index (χ3v) is 1.35. The van der Waals surface area contributed by atoms with Gasteiger partial charge in [0.2, 0.25) is 0 Å². The second-order valence-corrected chi connectivity index (χ2v) is 2.32. The number of amides is 1. The fourth-order valence-electron chi connectivity index (χ4n) is 0.747. The monoisotopic (exact) mass is 175 g/mol. The van der Waals surface area contributed by atoms with Gasteiger partial charge in [0.1, 0.15) is 6.04 Å². The van der Waals surface area contributed by atoms with Crippen LogP contribution in [0.15, 0.2) is 0 Å². The van der Waals surface area contributed by atoms with Crippen LogP contribution in [0.5, 0.6) is 0 Å². The van der Waals surface area contributed by atoms with E-state index in [0.29, 0.717) is 12.8 Å². The van der Waals surface area contributed by atoms with Crippen LogP contribution in [0.3, 0.4) is 0 Å². The highest BCUT2D eigenvalue weighted by atomic mass is 16.5. The number of carboxylic acids is 1. The number of carbonyl (C=O) groups is 2. The molecule has 70 valence electrons. The molecular weight excluding hydrogens is 162 g/mol. The SMILES string of the molecule is CCCC(NC(=O)OC)C(=O)O. The summed E-state index contributed by atoms with van der Waals surface area (Å²) in [5.41, 5.74) is 0. The van der Waals surface area contributed by atoms with Crippen LogP contribution in [-0.2, 0) is 9.53 Å². The third-order valence-electron chi connectivity index (χ3n) is 1.35. The number of nitrogens with one attached hydrogen (secondary N) is 1. The molecule has 1 amide bonds. The third kappa shape index (κ3) is 3.80. The number of aliphatic carboxylic acids is 1. The number of methoxy groups -OCH3 is 1. The zero-order valence-electron chi connectivity index (χ0n) is 7.16. The Kier molecular flexibility index (Phi) is 4.83. The van der Waals surface area contributed by atoms with E-state index in [0.717, 1.165) is 0 Å². The fourth-order valence-corrected chi connectivity index (χ4v) is 0.747. The van der Waals surface area contributed by atoms with E-state index in [1.807, 2.05) is 6.92 Å². The fraction of sp³-hybridized carbons (Fsp3) is 0.714. The first-order valence-corrected chi connectivity index (χ1v) is 3.69. The lowest BCUT2D eigenvalue weighted by Crippen LogP contribution is -2.40. The number of hydrogen-bond acceptors (Lipinski definition) is 3. The average Bonchev–Trinajstić information content (AvgIpc) is 2.03. The van der Waals surface area contributed by atoms with E-state index in [4.69, 9.17) is 5.11 Å². The Morgan fingerprint density at radius 2 is 2.17 bits per heavy atom. The minimum Gasteiger partial charge on any atom is -0.480 e. The molecule has 1 atom stereocenters. The van der Waals surface area contributed by atoms with E-state index >= 15 is 0 Å². The van der Waals surface area contributed by atoms with Gasteiger partial charge in [0.25, 0.3) is 0 Å². The topological polar surface area (TPSA) is 75.6 Å². The van der Waals surface area contributed by atoms with Gasteiger partial charge < -0.3 is 15.2 Å². The zero-order chi connectivity index (χ0) is 9.56. The molecule has 0 bridgehead atoms. The van der Waals surface area contributed by atoms with Crippen molar-refractivity contribution in [1.82, 2.24) is 5.32 Å². The van der Waals surface area contributed by atoms with E-state index in [-0.39, 0.29) is 0 Å². The summed E-state index contributed by atoms with van der Waals surface area (Å²) < 4.78 is 4.26. The molecular formula is C7H13NO4. The maximum atomic E-state index is 10.6. The van der Waals surface area contributed by atoms with Crippen LogP contribution < -0.4 is 5.32 Å². The first-order valence-electron chi connectivity index (χ1n) is 3.69. The van der Waals surface area contributed by atoms with Crippen LogP contribution in [0.4, 0.5) is 4.79 Å². The van der Waals surface area contributed by atoms with Crippen LogP contribution >= 0.6 is 0 Å². The molecule has 2 N–H and O–H groups in total. The highest BCUT2D eigenvalue weighted by Crippen LogP contribution is 1.96. The molecule has 0 aliphatic rings.